The molecule has 1 aliphatic rings. The Labute approximate surface area is 422 Å². The maximum Gasteiger partial charge on any atom is 0.137 e. The van der Waals surface area contributed by atoms with Crippen molar-refractivity contribution in [3.8, 4) is 17.3 Å². The molecule has 0 amide bonds. The van der Waals surface area contributed by atoms with Crippen molar-refractivity contribution >= 4 is 44.6 Å². The summed E-state index contributed by atoms with van der Waals surface area (Å²) < 4.78 is 9.48. The molecule has 9 aromatic rings. The van der Waals surface area contributed by atoms with Crippen LogP contribution in [0.3, 0.4) is 0 Å². The van der Waals surface area contributed by atoms with Crippen LogP contribution in [0, 0.1) is 0 Å². The number of fused-ring (bicyclic) bond motifs is 4. The Morgan fingerprint density at radius 3 is 1.55 bits per heavy atom. The highest BCUT2D eigenvalue weighted by Crippen LogP contribution is 2.49. The Morgan fingerprint density at radius 1 is 0.380 bits per heavy atom. The third-order valence-corrected chi connectivity index (χ3v) is 15.2. The first-order chi connectivity index (χ1) is 33.6. The Morgan fingerprint density at radius 2 is 0.915 bits per heavy atom. The lowest BCUT2D eigenvalue weighted by atomic mass is 9.78. The highest BCUT2D eigenvalue weighted by atomic mass is 16.5. The van der Waals surface area contributed by atoms with Crippen molar-refractivity contribution in [3.63, 3.8) is 0 Å². The zero-order valence-corrected chi connectivity index (χ0v) is 44.1. The number of pyridine rings is 1. The standard InChI is InChI=1S/C66H70N4O/c1-62(2,3)46-25-20-26-51(35-46)68-43-69(60-39-49(28-32-57(60)68)66(12,13)45-23-18-15-19-24-45)52-36-50(64(7,8)9)37-54(41-52)71-53-29-31-56-55-30-27-48(65(10,11)44-21-16-14-17-22-44)38-58(55)70(59(56)42-53)61-40-47(33-34-67-61)63(4,5)6/h14-42H,43H2,1-13H3. The van der Waals surface area contributed by atoms with Crippen LogP contribution in [0.15, 0.2) is 176 Å². The number of rotatable bonds is 9. The molecule has 5 heteroatoms. The third-order valence-electron chi connectivity index (χ3n) is 15.2. The molecule has 0 radical (unpaired) electrons. The first-order valence-electron chi connectivity index (χ1n) is 25.4. The monoisotopic (exact) mass is 935 g/mol. The summed E-state index contributed by atoms with van der Waals surface area (Å²) in [6, 6.07) is 62.6. The molecule has 0 fully saturated rings. The summed E-state index contributed by atoms with van der Waals surface area (Å²) in [5.41, 5.74) is 15.0. The lowest BCUT2D eigenvalue weighted by Gasteiger charge is -2.28. The van der Waals surface area contributed by atoms with Crippen molar-refractivity contribution in [2.45, 2.75) is 117 Å². The summed E-state index contributed by atoms with van der Waals surface area (Å²) in [6.07, 6.45) is 1.95. The van der Waals surface area contributed by atoms with Crippen LogP contribution in [-0.2, 0) is 27.1 Å². The summed E-state index contributed by atoms with van der Waals surface area (Å²) in [4.78, 5) is 10.0. The van der Waals surface area contributed by atoms with Crippen LogP contribution in [0.2, 0.25) is 0 Å². The van der Waals surface area contributed by atoms with Gasteiger partial charge in [-0.15, -0.1) is 0 Å². The van der Waals surface area contributed by atoms with Gasteiger partial charge < -0.3 is 14.5 Å². The summed E-state index contributed by atoms with van der Waals surface area (Å²) in [7, 11) is 0. The van der Waals surface area contributed by atoms with E-state index in [1.807, 2.05) is 6.20 Å². The molecule has 360 valence electrons. The van der Waals surface area contributed by atoms with Gasteiger partial charge in [-0.25, -0.2) is 4.98 Å². The Bertz CT molecular complexity index is 3430. The van der Waals surface area contributed by atoms with Crippen LogP contribution in [-0.4, -0.2) is 16.2 Å². The largest absolute Gasteiger partial charge is 0.457 e. The molecular formula is C66H70N4O. The van der Waals surface area contributed by atoms with Gasteiger partial charge in [-0.2, -0.15) is 0 Å². The zero-order chi connectivity index (χ0) is 50.3. The van der Waals surface area contributed by atoms with Gasteiger partial charge in [0.05, 0.1) is 22.4 Å². The molecule has 1 aliphatic heterocycles. The molecule has 3 heterocycles. The van der Waals surface area contributed by atoms with E-state index >= 15 is 0 Å². The van der Waals surface area contributed by atoms with Gasteiger partial charge in [-0.3, -0.25) is 4.57 Å². The molecule has 0 unspecified atom stereocenters. The van der Waals surface area contributed by atoms with Crippen molar-refractivity contribution in [3.05, 3.63) is 215 Å². The highest BCUT2D eigenvalue weighted by molar-refractivity contribution is 6.09. The molecule has 0 bridgehead atoms. The fourth-order valence-corrected chi connectivity index (χ4v) is 10.3. The molecule has 0 N–H and O–H groups in total. The van der Waals surface area contributed by atoms with Gasteiger partial charge in [0.2, 0.25) is 0 Å². The highest BCUT2D eigenvalue weighted by Gasteiger charge is 2.34. The van der Waals surface area contributed by atoms with Crippen molar-refractivity contribution in [1.82, 2.24) is 9.55 Å². The van der Waals surface area contributed by atoms with E-state index in [0.717, 1.165) is 39.4 Å². The number of ether oxygens (including phenoxy) is 1. The molecule has 0 saturated heterocycles. The van der Waals surface area contributed by atoms with E-state index in [9.17, 15) is 0 Å². The van der Waals surface area contributed by atoms with Gasteiger partial charge in [0.25, 0.3) is 0 Å². The minimum absolute atomic E-state index is 0.0155. The first kappa shape index (κ1) is 47.6. The van der Waals surface area contributed by atoms with Gasteiger partial charge >= 0.3 is 0 Å². The van der Waals surface area contributed by atoms with Crippen LogP contribution in [0.4, 0.5) is 22.7 Å². The maximum absolute atomic E-state index is 7.14. The summed E-state index contributed by atoms with van der Waals surface area (Å²) in [6.45, 7) is 30.5. The van der Waals surface area contributed by atoms with Crippen molar-refractivity contribution in [1.29, 1.82) is 0 Å². The normalized spacial score (nSPS) is 13.6. The average Bonchev–Trinajstić information content (AvgIpc) is 3.89. The van der Waals surface area contributed by atoms with E-state index in [2.05, 4.69) is 274 Å². The number of hydrogen-bond donors (Lipinski definition) is 0. The lowest BCUT2D eigenvalue weighted by Crippen LogP contribution is -2.25. The molecule has 0 saturated carbocycles. The molecule has 0 atom stereocenters. The van der Waals surface area contributed by atoms with Crippen LogP contribution in [0.5, 0.6) is 11.5 Å². The van der Waals surface area contributed by atoms with E-state index in [0.29, 0.717) is 6.67 Å². The van der Waals surface area contributed by atoms with Crippen molar-refractivity contribution in [2.75, 3.05) is 16.5 Å². The number of nitrogens with zero attached hydrogens (tertiary/aromatic N) is 4. The molecule has 5 nitrogen and oxygen atoms in total. The smallest absolute Gasteiger partial charge is 0.137 e. The second-order valence-corrected chi connectivity index (χ2v) is 24.0. The molecular weight excluding hydrogens is 865 g/mol. The fraction of sp³-hybridized carbons (Fsp3) is 0.288. The van der Waals surface area contributed by atoms with Gasteiger partial charge in [0.15, 0.2) is 0 Å². The van der Waals surface area contributed by atoms with Gasteiger partial charge in [-0.05, 0) is 122 Å². The van der Waals surface area contributed by atoms with Crippen molar-refractivity contribution < 1.29 is 4.74 Å². The third kappa shape index (κ3) is 8.90. The minimum Gasteiger partial charge on any atom is -0.457 e. The van der Waals surface area contributed by atoms with Crippen molar-refractivity contribution in [2.24, 2.45) is 0 Å². The number of benzene rings is 7. The molecule has 0 aliphatic carbocycles. The molecule has 7 aromatic carbocycles. The average molecular weight is 935 g/mol. The molecule has 0 spiro atoms. The number of hydrogen-bond acceptors (Lipinski definition) is 4. The summed E-state index contributed by atoms with van der Waals surface area (Å²) in [5, 5.41) is 2.33. The van der Waals surface area contributed by atoms with E-state index in [1.165, 1.54) is 61.4 Å². The Kier molecular flexibility index (Phi) is 11.6. The summed E-state index contributed by atoms with van der Waals surface area (Å²) in [5.74, 6) is 2.45. The predicted molar refractivity (Wildman–Crippen MR) is 300 cm³/mol. The predicted octanol–water partition coefficient (Wildman–Crippen LogP) is 17.8. The Balaban J connectivity index is 1.11. The second-order valence-electron chi connectivity index (χ2n) is 24.0. The fourth-order valence-electron chi connectivity index (χ4n) is 10.3. The van der Waals surface area contributed by atoms with Crippen LogP contribution in [0.25, 0.3) is 27.6 Å². The SMILES string of the molecule is CC(C)(C)c1cccc(N2CN(c3cc(Oc4ccc5c6ccc(C(C)(C)c7ccccc7)cc6n(-c6cc(C(C)(C)C)ccn6)c5c4)cc(C(C)(C)C)c3)c3cc(C(C)(C)c4ccccc4)ccc32)c1. The maximum atomic E-state index is 7.14. The number of anilines is 4. The summed E-state index contributed by atoms with van der Waals surface area (Å²) >= 11 is 0. The van der Waals surface area contributed by atoms with Gasteiger partial charge in [0, 0.05) is 51.3 Å². The minimum atomic E-state index is -0.218. The topological polar surface area (TPSA) is 33.5 Å². The van der Waals surface area contributed by atoms with Gasteiger partial charge in [0.1, 0.15) is 24.0 Å². The van der Waals surface area contributed by atoms with Crippen LogP contribution in [0.1, 0.15) is 129 Å². The van der Waals surface area contributed by atoms with E-state index < -0.39 is 0 Å². The number of aromatic nitrogens is 2. The van der Waals surface area contributed by atoms with Gasteiger partial charge in [-0.1, -0.05) is 181 Å². The molecule has 2 aromatic heterocycles. The van der Waals surface area contributed by atoms with E-state index in [1.54, 1.807) is 0 Å². The molecule has 71 heavy (non-hydrogen) atoms. The second kappa shape index (κ2) is 17.3. The molecule has 10 rings (SSSR count). The first-order valence-corrected chi connectivity index (χ1v) is 25.4. The van der Waals surface area contributed by atoms with Crippen LogP contribution < -0.4 is 14.5 Å². The quantitative estimate of drug-likeness (QED) is 0.144. The van der Waals surface area contributed by atoms with E-state index in [4.69, 9.17) is 9.72 Å². The van der Waals surface area contributed by atoms with Crippen LogP contribution >= 0.6 is 0 Å². The van der Waals surface area contributed by atoms with E-state index in [-0.39, 0.29) is 27.1 Å². The Hall–Kier alpha value is -7.11. The zero-order valence-electron chi connectivity index (χ0n) is 44.1. The lowest BCUT2D eigenvalue weighted by molar-refractivity contribution is 0.479.